The summed E-state index contributed by atoms with van der Waals surface area (Å²) in [4.78, 5) is 26.9. The van der Waals surface area contributed by atoms with E-state index in [2.05, 4.69) is 29.4 Å². The summed E-state index contributed by atoms with van der Waals surface area (Å²) >= 11 is 0. The van der Waals surface area contributed by atoms with Crippen molar-refractivity contribution in [3.8, 4) is 5.75 Å². The average molecular weight is 433 g/mol. The van der Waals surface area contributed by atoms with Crippen molar-refractivity contribution in [2.75, 3.05) is 38.6 Å². The maximum absolute atomic E-state index is 13.7. The molecule has 0 radical (unpaired) electrons. The third-order valence-electron chi connectivity index (χ3n) is 4.97. The van der Waals surface area contributed by atoms with Crippen molar-refractivity contribution in [3.05, 3.63) is 59.2 Å². The lowest BCUT2D eigenvalue weighted by Crippen LogP contribution is -2.34. The second-order valence-electron chi connectivity index (χ2n) is 6.98. The summed E-state index contributed by atoms with van der Waals surface area (Å²) < 4.78 is 32.2. The minimum Gasteiger partial charge on any atom is -0.496 e. The number of nitrogens with zero attached hydrogens (tertiary/aromatic N) is 1. The number of ether oxygens (including phenoxy) is 1. The molecule has 0 heterocycles. The molecule has 31 heavy (non-hydrogen) atoms. The molecule has 168 valence electrons. The summed E-state index contributed by atoms with van der Waals surface area (Å²) in [6.45, 7) is 7.22. The van der Waals surface area contributed by atoms with Crippen LogP contribution in [0.5, 0.6) is 5.75 Å². The number of anilines is 1. The van der Waals surface area contributed by atoms with Crippen LogP contribution in [-0.2, 0) is 11.2 Å². The van der Waals surface area contributed by atoms with Crippen LogP contribution in [0.2, 0.25) is 0 Å². The van der Waals surface area contributed by atoms with Gasteiger partial charge >= 0.3 is 0 Å². The zero-order valence-electron chi connectivity index (χ0n) is 18.1. The Morgan fingerprint density at radius 2 is 1.81 bits per heavy atom. The maximum atomic E-state index is 13.7. The number of amides is 2. The number of hydrogen-bond acceptors (Lipinski definition) is 4. The fourth-order valence-electron chi connectivity index (χ4n) is 3.13. The molecule has 2 aromatic carbocycles. The van der Waals surface area contributed by atoms with E-state index in [-0.39, 0.29) is 30.2 Å². The quantitative estimate of drug-likeness (QED) is 0.568. The predicted molar refractivity (Wildman–Crippen MR) is 116 cm³/mol. The third kappa shape index (κ3) is 7.32. The monoisotopic (exact) mass is 433 g/mol. The Bertz CT molecular complexity index is 902. The number of rotatable bonds is 11. The van der Waals surface area contributed by atoms with Gasteiger partial charge in [0.15, 0.2) is 0 Å². The molecule has 2 amide bonds. The smallest absolute Gasteiger partial charge is 0.255 e. The molecule has 2 N–H and O–H groups in total. The normalized spacial score (nSPS) is 10.8. The highest BCUT2D eigenvalue weighted by atomic mass is 19.1. The van der Waals surface area contributed by atoms with Gasteiger partial charge in [0, 0.05) is 31.3 Å². The van der Waals surface area contributed by atoms with E-state index in [1.165, 1.54) is 7.11 Å². The Morgan fingerprint density at radius 3 is 2.48 bits per heavy atom. The predicted octanol–water partition coefficient (Wildman–Crippen LogP) is 3.62. The summed E-state index contributed by atoms with van der Waals surface area (Å²) in [6.07, 6.45) is 0.0515. The molecule has 0 bridgehead atoms. The van der Waals surface area contributed by atoms with Gasteiger partial charge in [-0.05, 0) is 55.4 Å². The van der Waals surface area contributed by atoms with Crippen LogP contribution < -0.4 is 15.4 Å². The molecular formula is C23H29F2N3O3. The Morgan fingerprint density at radius 1 is 1.06 bits per heavy atom. The first kappa shape index (κ1) is 24.3. The van der Waals surface area contributed by atoms with Gasteiger partial charge in [0.1, 0.15) is 17.4 Å². The fraction of sp³-hybridized carbons (Fsp3) is 0.391. The van der Waals surface area contributed by atoms with Crippen molar-refractivity contribution in [2.24, 2.45) is 0 Å². The van der Waals surface area contributed by atoms with Crippen molar-refractivity contribution in [3.63, 3.8) is 0 Å². The molecule has 0 unspecified atom stereocenters. The van der Waals surface area contributed by atoms with Gasteiger partial charge in [0.05, 0.1) is 12.7 Å². The van der Waals surface area contributed by atoms with Crippen LogP contribution in [0.1, 0.15) is 36.2 Å². The van der Waals surface area contributed by atoms with Gasteiger partial charge < -0.3 is 20.3 Å². The molecular weight excluding hydrogens is 404 g/mol. The SMILES string of the molecule is CCN(CC)CCNC(=O)c1ccc(NC(=O)CCc2cc(F)ccc2F)cc1OC. The number of carbonyl (C=O) groups is 2. The molecule has 6 nitrogen and oxygen atoms in total. The first-order chi connectivity index (χ1) is 14.9. The lowest BCUT2D eigenvalue weighted by atomic mass is 10.1. The van der Waals surface area contributed by atoms with E-state index in [0.29, 0.717) is 23.5 Å². The number of methoxy groups -OCH3 is 1. The lowest BCUT2D eigenvalue weighted by Gasteiger charge is -2.18. The molecule has 2 rings (SSSR count). The zero-order valence-corrected chi connectivity index (χ0v) is 18.1. The molecule has 2 aromatic rings. The highest BCUT2D eigenvalue weighted by Gasteiger charge is 2.14. The second-order valence-corrected chi connectivity index (χ2v) is 6.98. The van der Waals surface area contributed by atoms with Crippen LogP contribution in [0.25, 0.3) is 0 Å². The summed E-state index contributed by atoms with van der Waals surface area (Å²) in [5, 5.41) is 5.55. The number of likely N-dealkylation sites (N-methyl/N-ethyl adjacent to an activating group) is 1. The maximum Gasteiger partial charge on any atom is 0.255 e. The van der Waals surface area contributed by atoms with Gasteiger partial charge in [-0.3, -0.25) is 9.59 Å². The van der Waals surface area contributed by atoms with Gasteiger partial charge in [0.2, 0.25) is 5.91 Å². The van der Waals surface area contributed by atoms with E-state index in [4.69, 9.17) is 4.74 Å². The summed E-state index contributed by atoms with van der Waals surface area (Å²) in [5.41, 5.74) is 0.951. The van der Waals surface area contributed by atoms with E-state index in [1.54, 1.807) is 18.2 Å². The molecule has 0 aliphatic heterocycles. The van der Waals surface area contributed by atoms with Crippen LogP contribution in [-0.4, -0.2) is 50.0 Å². The third-order valence-corrected chi connectivity index (χ3v) is 4.97. The first-order valence-electron chi connectivity index (χ1n) is 10.3. The van der Waals surface area contributed by atoms with Crippen molar-refractivity contribution in [2.45, 2.75) is 26.7 Å². The van der Waals surface area contributed by atoms with E-state index in [1.807, 2.05) is 0 Å². The van der Waals surface area contributed by atoms with Crippen LogP contribution in [0.3, 0.4) is 0 Å². The fourth-order valence-corrected chi connectivity index (χ4v) is 3.13. The van der Waals surface area contributed by atoms with Crippen molar-refractivity contribution < 1.29 is 23.1 Å². The first-order valence-corrected chi connectivity index (χ1v) is 10.3. The van der Waals surface area contributed by atoms with Crippen LogP contribution in [0, 0.1) is 11.6 Å². The standard InChI is InChI=1S/C23H29F2N3O3/c1-4-28(5-2)13-12-26-23(30)19-9-8-18(15-21(19)31-3)27-22(29)11-6-16-14-17(24)7-10-20(16)25/h7-10,14-15H,4-6,11-13H2,1-3H3,(H,26,30)(H,27,29). The molecule has 0 aliphatic rings. The Labute approximate surface area is 181 Å². The number of nitrogens with one attached hydrogen (secondary N) is 2. The number of carbonyl (C=O) groups excluding carboxylic acids is 2. The van der Waals surface area contributed by atoms with Gasteiger partial charge in [-0.25, -0.2) is 8.78 Å². The highest BCUT2D eigenvalue weighted by molar-refractivity contribution is 5.98. The van der Waals surface area contributed by atoms with Gasteiger partial charge in [-0.1, -0.05) is 13.8 Å². The number of aryl methyl sites for hydroxylation is 1. The molecule has 0 aromatic heterocycles. The van der Waals surface area contributed by atoms with Crippen LogP contribution >= 0.6 is 0 Å². The van der Waals surface area contributed by atoms with Crippen molar-refractivity contribution in [1.82, 2.24) is 10.2 Å². The molecule has 0 spiro atoms. The Hall–Kier alpha value is -3.00. The zero-order chi connectivity index (χ0) is 22.8. The molecule has 0 saturated carbocycles. The number of halogens is 2. The summed E-state index contributed by atoms with van der Waals surface area (Å²) in [6, 6.07) is 7.89. The van der Waals surface area contributed by atoms with E-state index in [0.717, 1.165) is 37.8 Å². The van der Waals surface area contributed by atoms with Crippen LogP contribution in [0.4, 0.5) is 14.5 Å². The van der Waals surface area contributed by atoms with Gasteiger partial charge in [0.25, 0.3) is 5.91 Å². The minimum atomic E-state index is -0.549. The number of hydrogen-bond donors (Lipinski definition) is 2. The highest BCUT2D eigenvalue weighted by Crippen LogP contribution is 2.23. The van der Waals surface area contributed by atoms with E-state index < -0.39 is 11.6 Å². The topological polar surface area (TPSA) is 70.7 Å². The second kappa shape index (κ2) is 12.0. The Balaban J connectivity index is 1.94. The lowest BCUT2D eigenvalue weighted by molar-refractivity contribution is -0.116. The molecule has 0 saturated heterocycles. The minimum absolute atomic E-state index is 0.0176. The van der Waals surface area contributed by atoms with E-state index in [9.17, 15) is 18.4 Å². The number of benzene rings is 2. The van der Waals surface area contributed by atoms with Crippen LogP contribution in [0.15, 0.2) is 36.4 Å². The van der Waals surface area contributed by atoms with Crippen molar-refractivity contribution in [1.29, 1.82) is 0 Å². The summed E-state index contributed by atoms with van der Waals surface area (Å²) in [7, 11) is 1.44. The molecule has 0 atom stereocenters. The van der Waals surface area contributed by atoms with Gasteiger partial charge in [-0.2, -0.15) is 0 Å². The molecule has 8 heteroatoms. The average Bonchev–Trinajstić information content (AvgIpc) is 2.77. The summed E-state index contributed by atoms with van der Waals surface area (Å²) in [5.74, 6) is -1.39. The van der Waals surface area contributed by atoms with Crippen molar-refractivity contribution >= 4 is 17.5 Å². The Kier molecular flexibility index (Phi) is 9.40. The van der Waals surface area contributed by atoms with Gasteiger partial charge in [-0.15, -0.1) is 0 Å². The largest absolute Gasteiger partial charge is 0.496 e. The van der Waals surface area contributed by atoms with E-state index >= 15 is 0 Å². The molecule has 0 fully saturated rings. The molecule has 0 aliphatic carbocycles.